The fourth-order valence-electron chi connectivity index (χ4n) is 4.24. The maximum absolute atomic E-state index is 12.7. The molecule has 2 aromatic rings. The second kappa shape index (κ2) is 10.1. The molecule has 0 aromatic carbocycles. The zero-order valence-corrected chi connectivity index (χ0v) is 19.7. The van der Waals surface area contributed by atoms with Crippen LogP contribution in [0.5, 0.6) is 0 Å². The predicted octanol–water partition coefficient (Wildman–Crippen LogP) is 1.85. The molecule has 0 spiro atoms. The zero-order valence-electron chi connectivity index (χ0n) is 19.7. The van der Waals surface area contributed by atoms with Gasteiger partial charge in [-0.3, -0.25) is 14.4 Å². The van der Waals surface area contributed by atoms with Crippen LogP contribution >= 0.6 is 0 Å². The molecule has 2 amide bonds. The highest BCUT2D eigenvalue weighted by Gasteiger charge is 2.29. The normalized spacial score (nSPS) is 14.6. The number of amides is 2. The van der Waals surface area contributed by atoms with E-state index in [1.807, 2.05) is 31.4 Å². The van der Waals surface area contributed by atoms with Crippen molar-refractivity contribution in [3.05, 3.63) is 28.7 Å². The van der Waals surface area contributed by atoms with Crippen LogP contribution in [-0.4, -0.2) is 75.5 Å². The number of nitrogens with zero attached hydrogens (tertiary/aromatic N) is 5. The average Bonchev–Trinajstić information content (AvgIpc) is 3.13. The zero-order chi connectivity index (χ0) is 23.4. The number of ether oxygens (including phenoxy) is 1. The van der Waals surface area contributed by atoms with Crippen molar-refractivity contribution < 1.29 is 19.1 Å². The third-order valence-corrected chi connectivity index (χ3v) is 6.14. The van der Waals surface area contributed by atoms with Crippen molar-refractivity contribution in [2.24, 2.45) is 5.92 Å². The lowest BCUT2D eigenvalue weighted by Gasteiger charge is -2.32. The molecule has 1 aliphatic heterocycles. The molecule has 1 saturated heterocycles. The summed E-state index contributed by atoms with van der Waals surface area (Å²) >= 11 is 0. The number of hydrogen-bond acceptors (Lipinski definition) is 6. The third-order valence-electron chi connectivity index (χ3n) is 6.14. The van der Waals surface area contributed by atoms with Gasteiger partial charge in [-0.25, -0.2) is 9.50 Å². The van der Waals surface area contributed by atoms with Crippen LogP contribution in [0.1, 0.15) is 48.8 Å². The first-order valence-corrected chi connectivity index (χ1v) is 11.2. The molecule has 0 unspecified atom stereocenters. The second-order valence-electron chi connectivity index (χ2n) is 8.47. The van der Waals surface area contributed by atoms with Crippen LogP contribution in [0.2, 0.25) is 0 Å². The fourth-order valence-corrected chi connectivity index (χ4v) is 4.24. The molecule has 0 bridgehead atoms. The van der Waals surface area contributed by atoms with Crippen LogP contribution in [0.4, 0.5) is 0 Å². The number of aryl methyl sites for hydroxylation is 3. The van der Waals surface area contributed by atoms with E-state index in [9.17, 15) is 14.4 Å². The van der Waals surface area contributed by atoms with Gasteiger partial charge in [-0.2, -0.15) is 5.10 Å². The summed E-state index contributed by atoms with van der Waals surface area (Å²) < 4.78 is 6.89. The summed E-state index contributed by atoms with van der Waals surface area (Å²) in [5.41, 5.74) is 4.59. The Hall–Kier alpha value is -2.97. The lowest BCUT2D eigenvalue weighted by molar-refractivity contribution is -0.151. The molecule has 1 fully saturated rings. The number of hydrogen-bond donors (Lipinski definition) is 0. The minimum atomic E-state index is -0.185. The van der Waals surface area contributed by atoms with Gasteiger partial charge in [0.25, 0.3) is 0 Å². The van der Waals surface area contributed by atoms with Crippen molar-refractivity contribution in [3.8, 4) is 0 Å². The first-order chi connectivity index (χ1) is 15.2. The summed E-state index contributed by atoms with van der Waals surface area (Å²) in [4.78, 5) is 45.0. The number of piperidine rings is 1. The number of likely N-dealkylation sites (tertiary alicyclic amines) is 1. The lowest BCUT2D eigenvalue weighted by atomic mass is 9.97. The smallest absolute Gasteiger partial charge is 0.309 e. The molecule has 32 heavy (non-hydrogen) atoms. The van der Waals surface area contributed by atoms with Gasteiger partial charge in [0.1, 0.15) is 0 Å². The number of carbonyl (C=O) groups is 3. The number of esters is 1. The van der Waals surface area contributed by atoms with E-state index < -0.39 is 0 Å². The van der Waals surface area contributed by atoms with Crippen LogP contribution in [0, 0.1) is 26.7 Å². The molecule has 9 nitrogen and oxygen atoms in total. The van der Waals surface area contributed by atoms with E-state index >= 15 is 0 Å². The number of aromatic nitrogens is 3. The van der Waals surface area contributed by atoms with Crippen molar-refractivity contribution in [1.82, 2.24) is 24.4 Å². The summed E-state index contributed by atoms with van der Waals surface area (Å²) in [6.45, 7) is 9.09. The molecule has 0 atom stereocenters. The maximum Gasteiger partial charge on any atom is 0.309 e. The predicted molar refractivity (Wildman–Crippen MR) is 119 cm³/mol. The van der Waals surface area contributed by atoms with E-state index in [1.54, 1.807) is 18.9 Å². The minimum absolute atomic E-state index is 0.0382. The molecule has 0 saturated carbocycles. The molecule has 0 aliphatic carbocycles. The number of likely N-dealkylation sites (N-methyl/N-ethyl adjacent to an activating group) is 1. The van der Waals surface area contributed by atoms with Crippen molar-refractivity contribution in [1.29, 1.82) is 0 Å². The standard InChI is InChI=1S/C23H33N5O4/c1-6-32-23(31)18-9-11-27(12-10-18)22(30)14-26(5)21(29)8-7-19-16(3)24-20-13-15(2)25-28(20)17(19)4/h13,18H,6-12,14H2,1-5H3. The molecule has 9 heteroatoms. The van der Waals surface area contributed by atoms with Crippen molar-refractivity contribution >= 4 is 23.4 Å². The molecular formula is C23H33N5O4. The van der Waals surface area contributed by atoms with Crippen LogP contribution in [0.15, 0.2) is 6.07 Å². The van der Waals surface area contributed by atoms with E-state index in [0.717, 1.165) is 28.3 Å². The summed E-state index contributed by atoms with van der Waals surface area (Å²) in [7, 11) is 1.66. The summed E-state index contributed by atoms with van der Waals surface area (Å²) in [5.74, 6) is -0.509. The molecule has 0 N–H and O–H groups in total. The molecule has 1 aliphatic rings. The van der Waals surface area contributed by atoms with Crippen LogP contribution in [-0.2, 0) is 25.5 Å². The van der Waals surface area contributed by atoms with Gasteiger partial charge in [0.15, 0.2) is 5.65 Å². The summed E-state index contributed by atoms with van der Waals surface area (Å²) in [5, 5.41) is 4.47. The molecule has 3 heterocycles. The van der Waals surface area contributed by atoms with Crippen LogP contribution in [0.25, 0.3) is 5.65 Å². The molecule has 0 radical (unpaired) electrons. The van der Waals surface area contributed by atoms with Gasteiger partial charge in [0, 0.05) is 44.0 Å². The lowest BCUT2D eigenvalue weighted by Crippen LogP contribution is -2.45. The van der Waals surface area contributed by atoms with Gasteiger partial charge in [0.2, 0.25) is 11.8 Å². The largest absolute Gasteiger partial charge is 0.466 e. The van der Waals surface area contributed by atoms with Gasteiger partial charge in [-0.15, -0.1) is 0 Å². The Morgan fingerprint density at radius 2 is 1.88 bits per heavy atom. The highest BCUT2D eigenvalue weighted by Crippen LogP contribution is 2.20. The van der Waals surface area contributed by atoms with E-state index in [1.165, 1.54) is 4.90 Å². The Bertz CT molecular complexity index is 1010. The highest BCUT2D eigenvalue weighted by atomic mass is 16.5. The molecule has 2 aromatic heterocycles. The van der Waals surface area contributed by atoms with E-state index in [2.05, 4.69) is 10.1 Å². The Balaban J connectivity index is 1.52. The van der Waals surface area contributed by atoms with Crippen LogP contribution in [0.3, 0.4) is 0 Å². The Kier molecular flexibility index (Phi) is 7.48. The van der Waals surface area contributed by atoms with Crippen LogP contribution < -0.4 is 0 Å². The van der Waals surface area contributed by atoms with E-state index in [-0.39, 0.29) is 30.2 Å². The van der Waals surface area contributed by atoms with Gasteiger partial charge in [-0.1, -0.05) is 0 Å². The van der Waals surface area contributed by atoms with Gasteiger partial charge in [0.05, 0.1) is 24.8 Å². The van der Waals surface area contributed by atoms with Gasteiger partial charge in [-0.05, 0) is 52.5 Å². The van der Waals surface area contributed by atoms with Crippen molar-refractivity contribution in [2.45, 2.75) is 53.4 Å². The summed E-state index contributed by atoms with van der Waals surface area (Å²) in [6.07, 6.45) is 2.04. The summed E-state index contributed by atoms with van der Waals surface area (Å²) in [6, 6.07) is 1.93. The topological polar surface area (TPSA) is 97.1 Å². The fraction of sp³-hybridized carbons (Fsp3) is 0.609. The maximum atomic E-state index is 12.7. The molecular weight excluding hydrogens is 410 g/mol. The quantitative estimate of drug-likeness (QED) is 0.606. The second-order valence-corrected chi connectivity index (χ2v) is 8.47. The Morgan fingerprint density at radius 1 is 1.19 bits per heavy atom. The molecule has 3 rings (SSSR count). The van der Waals surface area contributed by atoms with Crippen molar-refractivity contribution in [2.75, 3.05) is 33.3 Å². The Morgan fingerprint density at radius 3 is 2.53 bits per heavy atom. The minimum Gasteiger partial charge on any atom is -0.466 e. The first-order valence-electron chi connectivity index (χ1n) is 11.2. The van der Waals surface area contributed by atoms with Gasteiger partial charge >= 0.3 is 5.97 Å². The first kappa shape index (κ1) is 23.7. The van der Waals surface area contributed by atoms with E-state index in [4.69, 9.17) is 4.74 Å². The number of rotatable bonds is 7. The molecule has 174 valence electrons. The van der Waals surface area contributed by atoms with Crippen molar-refractivity contribution in [3.63, 3.8) is 0 Å². The Labute approximate surface area is 188 Å². The van der Waals surface area contributed by atoms with E-state index in [0.29, 0.717) is 45.4 Å². The third kappa shape index (κ3) is 5.26. The number of fused-ring (bicyclic) bond motifs is 1. The van der Waals surface area contributed by atoms with Gasteiger partial charge < -0.3 is 14.5 Å². The monoisotopic (exact) mass is 443 g/mol. The SMILES string of the molecule is CCOC(=O)C1CCN(C(=O)CN(C)C(=O)CCc2c(C)nc3cc(C)nn3c2C)CC1. The highest BCUT2D eigenvalue weighted by molar-refractivity contribution is 5.85. The number of carbonyl (C=O) groups excluding carboxylic acids is 3. The average molecular weight is 444 g/mol.